The van der Waals surface area contributed by atoms with Gasteiger partial charge in [-0.15, -0.1) is 0 Å². The van der Waals surface area contributed by atoms with Gasteiger partial charge in [-0.25, -0.2) is 9.59 Å². The molecule has 2 aromatic rings. The van der Waals surface area contributed by atoms with Crippen LogP contribution in [0.3, 0.4) is 0 Å². The zero-order valence-corrected chi connectivity index (χ0v) is 18.2. The summed E-state index contributed by atoms with van der Waals surface area (Å²) in [6.45, 7) is 6.91. The van der Waals surface area contributed by atoms with E-state index in [-0.39, 0.29) is 30.2 Å². The van der Waals surface area contributed by atoms with E-state index in [1.807, 2.05) is 45.0 Å². The van der Waals surface area contributed by atoms with Gasteiger partial charge in [0.15, 0.2) is 0 Å². The molecular weight excluding hydrogens is 392 g/mol. The highest BCUT2D eigenvalue weighted by Crippen LogP contribution is 2.44. The van der Waals surface area contributed by atoms with E-state index in [0.717, 1.165) is 6.42 Å². The van der Waals surface area contributed by atoms with Gasteiger partial charge in [-0.3, -0.25) is 0 Å². The average molecular weight is 421 g/mol. The zero-order valence-electron chi connectivity index (χ0n) is 18.2. The van der Waals surface area contributed by atoms with Crippen molar-refractivity contribution in [1.29, 1.82) is 0 Å². The average Bonchev–Trinajstić information content (AvgIpc) is 3.42. The Morgan fingerprint density at radius 2 is 1.39 bits per heavy atom. The first kappa shape index (κ1) is 19.9. The Balaban J connectivity index is 1.23. The minimum absolute atomic E-state index is 0.000308. The van der Waals surface area contributed by atoms with Crippen molar-refractivity contribution in [1.82, 2.24) is 9.80 Å². The summed E-state index contributed by atoms with van der Waals surface area (Å²) >= 11 is 0. The van der Waals surface area contributed by atoms with Gasteiger partial charge < -0.3 is 19.3 Å². The van der Waals surface area contributed by atoms with Crippen LogP contribution in [0, 0.1) is 0 Å². The second-order valence-electron chi connectivity index (χ2n) is 9.63. The van der Waals surface area contributed by atoms with Crippen LogP contribution in [0.15, 0.2) is 48.5 Å². The zero-order chi connectivity index (χ0) is 21.8. The van der Waals surface area contributed by atoms with Gasteiger partial charge in [0.05, 0.1) is 12.1 Å². The van der Waals surface area contributed by atoms with Crippen LogP contribution in [0.1, 0.15) is 44.2 Å². The number of carbonyl (C=O) groups is 2. The molecule has 2 heterocycles. The van der Waals surface area contributed by atoms with Crippen molar-refractivity contribution < 1.29 is 19.1 Å². The lowest BCUT2D eigenvalue weighted by Gasteiger charge is -2.34. The summed E-state index contributed by atoms with van der Waals surface area (Å²) < 4.78 is 11.3. The molecule has 2 bridgehead atoms. The van der Waals surface area contributed by atoms with Gasteiger partial charge >= 0.3 is 12.2 Å². The lowest BCUT2D eigenvalue weighted by Crippen LogP contribution is -2.51. The summed E-state index contributed by atoms with van der Waals surface area (Å²) in [6.07, 6.45) is 0.189. The van der Waals surface area contributed by atoms with Gasteiger partial charge in [0.2, 0.25) is 0 Å². The number of piperazine rings is 1. The molecule has 2 aliphatic heterocycles. The highest BCUT2D eigenvalue weighted by Gasteiger charge is 2.49. The predicted molar refractivity (Wildman–Crippen MR) is 117 cm³/mol. The quantitative estimate of drug-likeness (QED) is 0.711. The molecular formula is C25H28N2O4. The second-order valence-corrected chi connectivity index (χ2v) is 9.63. The molecule has 0 saturated carbocycles. The van der Waals surface area contributed by atoms with E-state index in [1.54, 1.807) is 9.80 Å². The molecule has 0 aromatic heterocycles. The molecule has 3 aliphatic rings. The summed E-state index contributed by atoms with van der Waals surface area (Å²) in [4.78, 5) is 28.8. The number of hydrogen-bond donors (Lipinski definition) is 0. The van der Waals surface area contributed by atoms with Gasteiger partial charge in [-0.2, -0.15) is 0 Å². The number of benzene rings is 2. The van der Waals surface area contributed by atoms with Gasteiger partial charge in [0, 0.05) is 19.0 Å². The van der Waals surface area contributed by atoms with Crippen molar-refractivity contribution >= 4 is 12.2 Å². The van der Waals surface area contributed by atoms with Gasteiger partial charge in [0.25, 0.3) is 0 Å². The van der Waals surface area contributed by atoms with E-state index in [9.17, 15) is 9.59 Å². The van der Waals surface area contributed by atoms with E-state index in [4.69, 9.17) is 9.47 Å². The third-order valence-corrected chi connectivity index (χ3v) is 6.44. The molecule has 0 N–H and O–H groups in total. The van der Waals surface area contributed by atoms with E-state index >= 15 is 0 Å². The largest absolute Gasteiger partial charge is 0.448 e. The first-order valence-electron chi connectivity index (χ1n) is 10.9. The number of likely N-dealkylation sites (tertiary alicyclic amines) is 2. The molecule has 2 aromatic carbocycles. The molecule has 2 saturated heterocycles. The number of amides is 2. The van der Waals surface area contributed by atoms with E-state index in [2.05, 4.69) is 24.3 Å². The highest BCUT2D eigenvalue weighted by molar-refractivity contribution is 5.79. The van der Waals surface area contributed by atoms with E-state index in [1.165, 1.54) is 22.3 Å². The first-order chi connectivity index (χ1) is 14.8. The molecule has 2 amide bonds. The van der Waals surface area contributed by atoms with Crippen molar-refractivity contribution in [2.45, 2.75) is 50.8 Å². The number of hydrogen-bond acceptors (Lipinski definition) is 4. The van der Waals surface area contributed by atoms with Crippen molar-refractivity contribution in [2.24, 2.45) is 0 Å². The number of rotatable bonds is 2. The summed E-state index contributed by atoms with van der Waals surface area (Å²) in [5.41, 5.74) is 4.32. The van der Waals surface area contributed by atoms with Crippen LogP contribution in [0.25, 0.3) is 11.1 Å². The van der Waals surface area contributed by atoms with Crippen LogP contribution in [-0.4, -0.2) is 59.4 Å². The van der Waals surface area contributed by atoms with Crippen molar-refractivity contribution in [3.05, 3.63) is 59.7 Å². The summed E-state index contributed by atoms with van der Waals surface area (Å²) in [5, 5.41) is 0. The Kier molecular flexibility index (Phi) is 4.68. The molecule has 0 spiro atoms. The topological polar surface area (TPSA) is 59.1 Å². The van der Waals surface area contributed by atoms with Gasteiger partial charge in [-0.05, 0) is 49.4 Å². The number of nitrogens with zero attached hydrogens (tertiary/aromatic N) is 2. The third kappa shape index (κ3) is 3.54. The summed E-state index contributed by atoms with van der Waals surface area (Å²) in [7, 11) is 0. The second kappa shape index (κ2) is 7.29. The van der Waals surface area contributed by atoms with Crippen LogP contribution in [0.5, 0.6) is 0 Å². The molecule has 0 radical (unpaired) electrons. The van der Waals surface area contributed by atoms with Crippen LogP contribution >= 0.6 is 0 Å². The molecule has 6 nitrogen and oxygen atoms in total. The van der Waals surface area contributed by atoms with Gasteiger partial charge in [-0.1, -0.05) is 48.5 Å². The maximum Gasteiger partial charge on any atom is 0.410 e. The fraction of sp³-hybridized carbons (Fsp3) is 0.440. The van der Waals surface area contributed by atoms with Crippen LogP contribution in [0.2, 0.25) is 0 Å². The van der Waals surface area contributed by atoms with E-state index in [0.29, 0.717) is 19.7 Å². The number of carbonyl (C=O) groups excluding carboxylic acids is 2. The Morgan fingerprint density at radius 3 is 1.90 bits per heavy atom. The Hall–Kier alpha value is -3.02. The standard InChI is InChI=1S/C25H28N2O4/c1-25(2,3)31-24(29)27-14-16-12-17(27)13-26(16)23(28)30-15-22-20-10-6-4-8-18(20)19-9-5-7-11-21(19)22/h4-11,16-17,22H,12-15H2,1-3H3/t16-,17-/m0/s1. The molecule has 1 aliphatic carbocycles. The molecule has 2 atom stereocenters. The minimum Gasteiger partial charge on any atom is -0.448 e. The third-order valence-electron chi connectivity index (χ3n) is 6.44. The Morgan fingerprint density at radius 1 is 0.871 bits per heavy atom. The fourth-order valence-electron chi connectivity index (χ4n) is 5.11. The van der Waals surface area contributed by atoms with Crippen LogP contribution < -0.4 is 0 Å². The van der Waals surface area contributed by atoms with Crippen molar-refractivity contribution in [2.75, 3.05) is 19.7 Å². The van der Waals surface area contributed by atoms with Crippen molar-refractivity contribution in [3.63, 3.8) is 0 Å². The molecule has 162 valence electrons. The van der Waals surface area contributed by atoms with Crippen LogP contribution in [0.4, 0.5) is 9.59 Å². The Bertz CT molecular complexity index is 983. The van der Waals surface area contributed by atoms with Gasteiger partial charge in [0.1, 0.15) is 12.2 Å². The highest BCUT2D eigenvalue weighted by atomic mass is 16.6. The maximum atomic E-state index is 12.9. The monoisotopic (exact) mass is 420 g/mol. The lowest BCUT2D eigenvalue weighted by molar-refractivity contribution is 0.0114. The SMILES string of the molecule is CC(C)(C)OC(=O)N1C[C@@H]2C[C@H]1CN2C(=O)OCC1c2ccccc2-c2ccccc21. The molecule has 6 heteroatoms. The molecule has 0 unspecified atom stereocenters. The lowest BCUT2D eigenvalue weighted by atomic mass is 9.98. The van der Waals surface area contributed by atoms with Crippen molar-refractivity contribution in [3.8, 4) is 11.1 Å². The molecule has 5 rings (SSSR count). The Labute approximate surface area is 182 Å². The normalized spacial score (nSPS) is 21.8. The molecule has 2 fully saturated rings. The summed E-state index contributed by atoms with van der Waals surface area (Å²) in [5.74, 6) is 0.0504. The van der Waals surface area contributed by atoms with E-state index < -0.39 is 5.60 Å². The number of fused-ring (bicyclic) bond motifs is 5. The maximum absolute atomic E-state index is 12.9. The minimum atomic E-state index is -0.522. The molecule has 31 heavy (non-hydrogen) atoms. The summed E-state index contributed by atoms with van der Waals surface area (Å²) in [6, 6.07) is 16.6. The first-order valence-corrected chi connectivity index (χ1v) is 10.9. The predicted octanol–water partition coefficient (Wildman–Crippen LogP) is 4.63. The van der Waals surface area contributed by atoms with Crippen LogP contribution in [-0.2, 0) is 9.47 Å². The fourth-order valence-corrected chi connectivity index (χ4v) is 5.11. The number of ether oxygens (including phenoxy) is 2. The smallest absolute Gasteiger partial charge is 0.410 e.